The molecule has 3 nitrogen and oxygen atoms in total. The van der Waals surface area contributed by atoms with Crippen molar-refractivity contribution < 1.29 is 22.7 Å². The molecule has 1 aromatic rings. The van der Waals surface area contributed by atoms with Gasteiger partial charge in [-0.25, -0.2) is 0 Å². The first-order chi connectivity index (χ1) is 9.28. The van der Waals surface area contributed by atoms with E-state index in [0.717, 1.165) is 0 Å². The van der Waals surface area contributed by atoms with Crippen LogP contribution in [0.25, 0.3) is 0 Å². The van der Waals surface area contributed by atoms with Gasteiger partial charge >= 0.3 is 6.18 Å². The molecule has 0 radical (unpaired) electrons. The molecule has 110 valence electrons. The van der Waals surface area contributed by atoms with Crippen molar-refractivity contribution in [1.29, 1.82) is 0 Å². The first kappa shape index (κ1) is 16.6. The molecule has 0 aliphatic heterocycles. The van der Waals surface area contributed by atoms with Crippen molar-refractivity contribution in [2.75, 3.05) is 20.2 Å². The van der Waals surface area contributed by atoms with Gasteiger partial charge in [-0.05, 0) is 34.1 Å². The van der Waals surface area contributed by atoms with Crippen LogP contribution in [0.2, 0.25) is 0 Å². The monoisotopic (exact) mass is 351 g/mol. The van der Waals surface area contributed by atoms with Crippen molar-refractivity contribution in [1.82, 2.24) is 4.90 Å². The predicted octanol–water partition coefficient (Wildman–Crippen LogP) is 3.65. The number of ether oxygens (including phenoxy) is 1. The fourth-order valence-corrected chi connectivity index (χ4v) is 1.97. The predicted molar refractivity (Wildman–Crippen MR) is 72.8 cm³/mol. The summed E-state index contributed by atoms with van der Waals surface area (Å²) < 4.78 is 42.8. The molecule has 0 atom stereocenters. The third-order valence-corrected chi connectivity index (χ3v) is 3.10. The van der Waals surface area contributed by atoms with Crippen LogP contribution in [0.5, 0.6) is 5.75 Å². The third kappa shape index (κ3) is 4.56. The summed E-state index contributed by atoms with van der Waals surface area (Å²) in [4.78, 5) is 12.9. The highest BCUT2D eigenvalue weighted by molar-refractivity contribution is 9.10. The average molecular weight is 352 g/mol. The maximum Gasteiger partial charge on any atom is 0.406 e. The molecule has 0 heterocycles. The first-order valence-corrected chi connectivity index (χ1v) is 6.38. The van der Waals surface area contributed by atoms with E-state index in [4.69, 9.17) is 4.74 Å². The van der Waals surface area contributed by atoms with Crippen LogP contribution < -0.4 is 4.74 Å². The number of nitrogens with zero attached hydrogens (tertiary/aromatic N) is 1. The molecule has 0 aromatic heterocycles. The minimum absolute atomic E-state index is 0.107. The number of rotatable bonds is 5. The van der Waals surface area contributed by atoms with Gasteiger partial charge in [0, 0.05) is 11.0 Å². The van der Waals surface area contributed by atoms with E-state index in [0.29, 0.717) is 15.1 Å². The van der Waals surface area contributed by atoms with Crippen LogP contribution in [0.3, 0.4) is 0 Å². The lowest BCUT2D eigenvalue weighted by Crippen LogP contribution is -2.39. The molecule has 0 aliphatic rings. The van der Waals surface area contributed by atoms with Gasteiger partial charge in [0.25, 0.3) is 5.91 Å². The topological polar surface area (TPSA) is 29.5 Å². The second-order valence-corrected chi connectivity index (χ2v) is 4.79. The minimum Gasteiger partial charge on any atom is -0.497 e. The summed E-state index contributed by atoms with van der Waals surface area (Å²) in [6.45, 7) is 1.84. The lowest BCUT2D eigenvalue weighted by Gasteiger charge is -2.23. The van der Waals surface area contributed by atoms with E-state index >= 15 is 0 Å². The highest BCUT2D eigenvalue weighted by Gasteiger charge is 2.33. The van der Waals surface area contributed by atoms with Crippen molar-refractivity contribution >= 4 is 21.8 Å². The highest BCUT2D eigenvalue weighted by atomic mass is 79.9. The Hall–Kier alpha value is -1.50. The number of carbonyl (C=O) groups excluding carboxylic acids is 1. The van der Waals surface area contributed by atoms with Gasteiger partial charge in [0.15, 0.2) is 0 Å². The molecule has 0 unspecified atom stereocenters. The number of carbonyl (C=O) groups is 1. The second kappa shape index (κ2) is 6.78. The van der Waals surface area contributed by atoms with Crippen LogP contribution in [0.1, 0.15) is 10.4 Å². The van der Waals surface area contributed by atoms with Crippen LogP contribution in [0.15, 0.2) is 35.3 Å². The van der Waals surface area contributed by atoms with Gasteiger partial charge in [-0.1, -0.05) is 6.08 Å². The zero-order valence-corrected chi connectivity index (χ0v) is 12.3. The van der Waals surface area contributed by atoms with E-state index < -0.39 is 18.6 Å². The summed E-state index contributed by atoms with van der Waals surface area (Å²) in [5.41, 5.74) is 0.107. The second-order valence-electron chi connectivity index (χ2n) is 3.94. The van der Waals surface area contributed by atoms with E-state index in [1.54, 1.807) is 12.1 Å². The SMILES string of the molecule is C=CCN(CC(F)(F)F)C(=O)c1cc(OC)ccc1Br. The number of methoxy groups -OCH3 is 1. The summed E-state index contributed by atoms with van der Waals surface area (Å²) in [5, 5.41) is 0. The normalized spacial score (nSPS) is 11.1. The summed E-state index contributed by atoms with van der Waals surface area (Å²) in [6.07, 6.45) is -3.22. The van der Waals surface area contributed by atoms with Crippen molar-refractivity contribution in [2.45, 2.75) is 6.18 Å². The maximum atomic E-state index is 12.5. The molecule has 0 saturated carbocycles. The standard InChI is InChI=1S/C13H13BrF3NO2/c1-3-6-18(8-13(15,16)17)12(19)10-7-9(20-2)4-5-11(10)14/h3-5,7H,1,6,8H2,2H3. The van der Waals surface area contributed by atoms with Crippen molar-refractivity contribution in [3.8, 4) is 5.75 Å². The molecule has 0 spiro atoms. The Kier molecular flexibility index (Phi) is 5.62. The van der Waals surface area contributed by atoms with Crippen LogP contribution in [0.4, 0.5) is 13.2 Å². The number of amides is 1. The van der Waals surface area contributed by atoms with E-state index in [1.165, 1.54) is 19.3 Å². The van der Waals surface area contributed by atoms with E-state index in [1.807, 2.05) is 0 Å². The van der Waals surface area contributed by atoms with Gasteiger partial charge in [-0.15, -0.1) is 6.58 Å². The van der Waals surface area contributed by atoms with Gasteiger partial charge in [0.2, 0.25) is 0 Å². The summed E-state index contributed by atoms with van der Waals surface area (Å²) in [7, 11) is 1.41. The Morgan fingerprint density at radius 2 is 2.15 bits per heavy atom. The Morgan fingerprint density at radius 1 is 1.50 bits per heavy atom. The van der Waals surface area contributed by atoms with Gasteiger partial charge in [0.05, 0.1) is 12.7 Å². The number of alkyl halides is 3. The van der Waals surface area contributed by atoms with Gasteiger partial charge in [-0.2, -0.15) is 13.2 Å². The van der Waals surface area contributed by atoms with Crippen LogP contribution in [-0.4, -0.2) is 37.2 Å². The molecule has 7 heteroatoms. The Labute approximate surface area is 123 Å². The summed E-state index contributed by atoms with van der Waals surface area (Å²) in [5.74, 6) is -0.352. The van der Waals surface area contributed by atoms with Gasteiger partial charge in [-0.3, -0.25) is 4.79 Å². The molecule has 20 heavy (non-hydrogen) atoms. The molecule has 0 N–H and O–H groups in total. The summed E-state index contributed by atoms with van der Waals surface area (Å²) in [6, 6.07) is 4.53. The van der Waals surface area contributed by atoms with E-state index in [-0.39, 0.29) is 12.1 Å². The highest BCUT2D eigenvalue weighted by Crippen LogP contribution is 2.25. The Balaban J connectivity index is 3.08. The third-order valence-electron chi connectivity index (χ3n) is 2.41. The van der Waals surface area contributed by atoms with Crippen LogP contribution in [-0.2, 0) is 0 Å². The average Bonchev–Trinajstić information content (AvgIpc) is 2.36. The molecule has 0 fully saturated rings. The first-order valence-electron chi connectivity index (χ1n) is 5.59. The Morgan fingerprint density at radius 3 is 2.65 bits per heavy atom. The smallest absolute Gasteiger partial charge is 0.406 e. The Bertz CT molecular complexity index is 503. The fourth-order valence-electron chi connectivity index (χ4n) is 1.56. The van der Waals surface area contributed by atoms with E-state index in [9.17, 15) is 18.0 Å². The molecule has 1 rings (SSSR count). The van der Waals surface area contributed by atoms with E-state index in [2.05, 4.69) is 22.5 Å². The lowest BCUT2D eigenvalue weighted by atomic mass is 10.2. The van der Waals surface area contributed by atoms with Crippen molar-refractivity contribution in [2.24, 2.45) is 0 Å². The van der Waals surface area contributed by atoms with Gasteiger partial charge in [0.1, 0.15) is 12.3 Å². The van der Waals surface area contributed by atoms with Crippen molar-refractivity contribution in [3.05, 3.63) is 40.9 Å². The quantitative estimate of drug-likeness (QED) is 0.758. The zero-order chi connectivity index (χ0) is 15.3. The molecule has 0 bridgehead atoms. The number of halogens is 4. The fraction of sp³-hybridized carbons (Fsp3) is 0.308. The largest absolute Gasteiger partial charge is 0.497 e. The maximum absolute atomic E-state index is 12.5. The van der Waals surface area contributed by atoms with Crippen LogP contribution >= 0.6 is 15.9 Å². The lowest BCUT2D eigenvalue weighted by molar-refractivity contribution is -0.139. The van der Waals surface area contributed by atoms with Crippen LogP contribution in [0, 0.1) is 0 Å². The molecule has 0 saturated heterocycles. The molecular formula is C13H13BrF3NO2. The summed E-state index contributed by atoms with van der Waals surface area (Å²) >= 11 is 3.15. The molecule has 0 aliphatic carbocycles. The molecular weight excluding hydrogens is 339 g/mol. The molecule has 1 amide bonds. The number of hydrogen-bond donors (Lipinski definition) is 0. The number of benzene rings is 1. The number of hydrogen-bond acceptors (Lipinski definition) is 2. The van der Waals surface area contributed by atoms with Crippen molar-refractivity contribution in [3.63, 3.8) is 0 Å². The molecule has 1 aromatic carbocycles. The zero-order valence-electron chi connectivity index (χ0n) is 10.7. The minimum atomic E-state index is -4.47. The van der Waals surface area contributed by atoms with Gasteiger partial charge < -0.3 is 9.64 Å².